The number of Topliss-reactive ketones (excluding diaryl/α,β-unsaturated/α-hetero) is 1. The number of hydrogen-bond acceptors (Lipinski definition) is 4. The summed E-state index contributed by atoms with van der Waals surface area (Å²) >= 11 is 5.80. The fourth-order valence-electron chi connectivity index (χ4n) is 1.85. The predicted molar refractivity (Wildman–Crippen MR) is 81.8 cm³/mol. The van der Waals surface area contributed by atoms with Crippen LogP contribution in [0.4, 0.5) is 5.69 Å². The van der Waals surface area contributed by atoms with Crippen molar-refractivity contribution in [3.05, 3.63) is 59.2 Å². The monoisotopic (exact) mass is 303 g/mol. The lowest BCUT2D eigenvalue weighted by atomic mass is 10.1. The van der Waals surface area contributed by atoms with Crippen LogP contribution >= 0.6 is 11.6 Å². The Morgan fingerprint density at radius 3 is 2.52 bits per heavy atom. The van der Waals surface area contributed by atoms with E-state index in [1.807, 2.05) is 0 Å². The summed E-state index contributed by atoms with van der Waals surface area (Å²) in [6.45, 7) is 1.44. The van der Waals surface area contributed by atoms with Crippen molar-refractivity contribution < 1.29 is 14.3 Å². The van der Waals surface area contributed by atoms with Gasteiger partial charge in [0, 0.05) is 11.4 Å². The maximum absolute atomic E-state index is 12.2. The maximum Gasteiger partial charge on any atom is 0.343 e. The molecule has 2 rings (SSSR count). The number of nitrogens with two attached hydrogens (primary N) is 1. The van der Waals surface area contributed by atoms with Crippen LogP contribution in [0.15, 0.2) is 42.5 Å². The summed E-state index contributed by atoms with van der Waals surface area (Å²) in [4.78, 5) is 23.4. The number of nitrogen functional groups attached to an aromatic ring is 1. The number of alkyl halides is 1. The highest BCUT2D eigenvalue weighted by atomic mass is 35.5. The lowest BCUT2D eigenvalue weighted by Crippen LogP contribution is -2.12. The van der Waals surface area contributed by atoms with Gasteiger partial charge in [0.25, 0.3) is 0 Å². The molecule has 0 radical (unpaired) electrons. The second-order valence-electron chi connectivity index (χ2n) is 4.49. The van der Waals surface area contributed by atoms with Crippen LogP contribution in [0.1, 0.15) is 33.2 Å². The van der Waals surface area contributed by atoms with Gasteiger partial charge >= 0.3 is 5.97 Å². The van der Waals surface area contributed by atoms with E-state index in [1.54, 1.807) is 30.3 Å². The summed E-state index contributed by atoms with van der Waals surface area (Å²) in [6.07, 6.45) is 0. The zero-order chi connectivity index (χ0) is 15.4. The van der Waals surface area contributed by atoms with E-state index < -0.39 is 5.97 Å². The van der Waals surface area contributed by atoms with Gasteiger partial charge in [-0.25, -0.2) is 4.79 Å². The molecule has 0 spiro atoms. The quantitative estimate of drug-likeness (QED) is 0.309. The van der Waals surface area contributed by atoms with Gasteiger partial charge in [0.15, 0.2) is 11.5 Å². The highest BCUT2D eigenvalue weighted by Gasteiger charge is 2.14. The number of anilines is 1. The molecule has 0 saturated heterocycles. The molecule has 5 heteroatoms. The van der Waals surface area contributed by atoms with E-state index in [4.69, 9.17) is 22.1 Å². The summed E-state index contributed by atoms with van der Waals surface area (Å²) in [5.74, 6) is -0.209. The molecule has 2 N–H and O–H groups in total. The lowest BCUT2D eigenvalue weighted by Gasteiger charge is -2.10. The highest BCUT2D eigenvalue weighted by Crippen LogP contribution is 2.24. The number of ketones is 1. The van der Waals surface area contributed by atoms with Crippen LogP contribution in [-0.4, -0.2) is 11.8 Å². The third-order valence-corrected chi connectivity index (χ3v) is 3.29. The molecule has 0 unspecified atom stereocenters. The van der Waals surface area contributed by atoms with Gasteiger partial charge in [-0.15, -0.1) is 11.6 Å². The van der Waals surface area contributed by atoms with Crippen molar-refractivity contribution in [1.29, 1.82) is 0 Å². The Hall–Kier alpha value is -2.33. The molecule has 21 heavy (non-hydrogen) atoms. The molecular formula is C16H14ClNO3. The van der Waals surface area contributed by atoms with Crippen LogP contribution in [0, 0.1) is 0 Å². The number of carbonyl (C=O) groups is 2. The molecule has 0 aromatic heterocycles. The number of benzene rings is 2. The van der Waals surface area contributed by atoms with Gasteiger partial charge in [-0.1, -0.05) is 18.2 Å². The fraction of sp³-hybridized carbons (Fsp3) is 0.125. The summed E-state index contributed by atoms with van der Waals surface area (Å²) in [6, 6.07) is 11.5. The first-order valence-electron chi connectivity index (χ1n) is 6.29. The minimum atomic E-state index is -0.534. The molecule has 0 aliphatic rings. The Bertz CT molecular complexity index is 698. The van der Waals surface area contributed by atoms with Crippen molar-refractivity contribution in [2.45, 2.75) is 12.8 Å². The van der Waals surface area contributed by atoms with Crippen molar-refractivity contribution in [1.82, 2.24) is 0 Å². The molecule has 0 fully saturated rings. The van der Waals surface area contributed by atoms with Gasteiger partial charge < -0.3 is 10.5 Å². The first kappa shape index (κ1) is 15.1. The van der Waals surface area contributed by atoms with Crippen molar-refractivity contribution in [3.63, 3.8) is 0 Å². The third-order valence-electron chi connectivity index (χ3n) is 3.00. The van der Waals surface area contributed by atoms with Crippen LogP contribution in [-0.2, 0) is 5.88 Å². The van der Waals surface area contributed by atoms with Gasteiger partial charge in [0.05, 0.1) is 11.3 Å². The van der Waals surface area contributed by atoms with Crippen LogP contribution in [0.25, 0.3) is 0 Å². The number of rotatable bonds is 4. The maximum atomic E-state index is 12.2. The van der Waals surface area contributed by atoms with E-state index >= 15 is 0 Å². The zero-order valence-corrected chi connectivity index (χ0v) is 12.2. The Labute approximate surface area is 127 Å². The van der Waals surface area contributed by atoms with E-state index in [2.05, 4.69) is 0 Å². The number of halogens is 1. The molecule has 0 atom stereocenters. The molecule has 0 heterocycles. The van der Waals surface area contributed by atoms with Crippen molar-refractivity contribution in [3.8, 4) is 5.75 Å². The second-order valence-corrected chi connectivity index (χ2v) is 4.76. The number of carbonyl (C=O) groups excluding carboxylic acids is 2. The minimum absolute atomic E-state index is 0.105. The summed E-state index contributed by atoms with van der Waals surface area (Å²) in [5, 5.41) is 0. The predicted octanol–water partition coefficient (Wildman–Crippen LogP) is 3.43. The smallest absolute Gasteiger partial charge is 0.343 e. The average Bonchev–Trinajstić information content (AvgIpc) is 2.48. The van der Waals surface area contributed by atoms with Crippen molar-refractivity contribution in [2.75, 3.05) is 5.73 Å². The highest BCUT2D eigenvalue weighted by molar-refractivity contribution is 6.17. The average molecular weight is 304 g/mol. The topological polar surface area (TPSA) is 69.4 Å². The van der Waals surface area contributed by atoms with Crippen molar-refractivity contribution >= 4 is 29.0 Å². The number of ether oxygens (including phenoxy) is 1. The Kier molecular flexibility index (Phi) is 4.60. The normalized spacial score (nSPS) is 10.2. The van der Waals surface area contributed by atoms with E-state index in [0.29, 0.717) is 16.7 Å². The Balaban J connectivity index is 2.26. The summed E-state index contributed by atoms with van der Waals surface area (Å²) < 4.78 is 5.27. The Morgan fingerprint density at radius 1 is 1.19 bits per heavy atom. The molecular weight excluding hydrogens is 290 g/mol. The largest absolute Gasteiger partial charge is 0.421 e. The molecule has 0 bridgehead atoms. The standard InChI is InChI=1S/C16H14ClNO3/c1-10(19)11-6-7-15(14(18)8-11)21-16(20)13-5-3-2-4-12(13)9-17/h2-8H,9,18H2,1H3. The first-order valence-corrected chi connectivity index (χ1v) is 6.83. The Morgan fingerprint density at radius 2 is 1.90 bits per heavy atom. The molecule has 2 aromatic rings. The molecule has 0 aliphatic carbocycles. The van der Waals surface area contributed by atoms with E-state index in [1.165, 1.54) is 19.1 Å². The van der Waals surface area contributed by atoms with Gasteiger partial charge in [-0.2, -0.15) is 0 Å². The molecule has 0 saturated carbocycles. The molecule has 0 amide bonds. The summed E-state index contributed by atoms with van der Waals surface area (Å²) in [5.41, 5.74) is 7.58. The van der Waals surface area contributed by atoms with Crippen LogP contribution in [0.2, 0.25) is 0 Å². The number of hydrogen-bond donors (Lipinski definition) is 1. The molecule has 2 aromatic carbocycles. The first-order chi connectivity index (χ1) is 10.0. The summed E-state index contributed by atoms with van der Waals surface area (Å²) in [7, 11) is 0. The SMILES string of the molecule is CC(=O)c1ccc(OC(=O)c2ccccc2CCl)c(N)c1. The molecule has 108 valence electrons. The van der Waals surface area contributed by atoms with Gasteiger partial charge in [-0.05, 0) is 36.8 Å². The fourth-order valence-corrected chi connectivity index (χ4v) is 2.08. The van der Waals surface area contributed by atoms with Crippen molar-refractivity contribution in [2.24, 2.45) is 0 Å². The van der Waals surface area contributed by atoms with Gasteiger partial charge in [0.1, 0.15) is 0 Å². The third kappa shape index (κ3) is 3.41. The van der Waals surface area contributed by atoms with Gasteiger partial charge in [-0.3, -0.25) is 4.79 Å². The molecule has 0 aliphatic heterocycles. The van der Waals surface area contributed by atoms with E-state index in [-0.39, 0.29) is 23.1 Å². The van der Waals surface area contributed by atoms with Crippen LogP contribution < -0.4 is 10.5 Å². The van der Waals surface area contributed by atoms with E-state index in [0.717, 1.165) is 0 Å². The minimum Gasteiger partial charge on any atom is -0.421 e. The van der Waals surface area contributed by atoms with Crippen LogP contribution in [0.5, 0.6) is 5.75 Å². The lowest BCUT2D eigenvalue weighted by molar-refractivity contribution is 0.0735. The zero-order valence-electron chi connectivity index (χ0n) is 11.4. The molecule has 4 nitrogen and oxygen atoms in total. The number of esters is 1. The van der Waals surface area contributed by atoms with E-state index in [9.17, 15) is 9.59 Å². The second kappa shape index (κ2) is 6.41. The van der Waals surface area contributed by atoms with Crippen LogP contribution in [0.3, 0.4) is 0 Å². The van der Waals surface area contributed by atoms with Gasteiger partial charge in [0.2, 0.25) is 0 Å².